The number of carbonyl (C=O) groups is 1. The molecule has 0 atom stereocenters. The fourth-order valence-corrected chi connectivity index (χ4v) is 3.48. The predicted octanol–water partition coefficient (Wildman–Crippen LogP) is 1.00. The van der Waals surface area contributed by atoms with E-state index in [1.165, 1.54) is 0 Å². The predicted molar refractivity (Wildman–Crippen MR) is 96.6 cm³/mol. The monoisotopic (exact) mass is 331 g/mol. The first-order chi connectivity index (χ1) is 11.7. The van der Waals surface area contributed by atoms with Gasteiger partial charge in [0.15, 0.2) is 0 Å². The normalized spacial score (nSPS) is 20.4. The Morgan fingerprint density at radius 2 is 1.54 bits per heavy atom. The van der Waals surface area contributed by atoms with E-state index in [9.17, 15) is 4.79 Å². The van der Waals surface area contributed by atoms with Crippen LogP contribution in [0.25, 0.3) is 0 Å². The Morgan fingerprint density at radius 1 is 0.958 bits per heavy atom. The third kappa shape index (κ3) is 3.87. The number of rotatable bonds is 4. The van der Waals surface area contributed by atoms with Gasteiger partial charge in [0.1, 0.15) is 5.69 Å². The molecule has 0 aromatic carbocycles. The number of piperazine rings is 2. The molecular weight excluding hydrogens is 302 g/mol. The van der Waals surface area contributed by atoms with E-state index in [-0.39, 0.29) is 5.91 Å². The van der Waals surface area contributed by atoms with Gasteiger partial charge in [-0.25, -0.2) is 0 Å². The Kier molecular flexibility index (Phi) is 5.68. The summed E-state index contributed by atoms with van der Waals surface area (Å²) in [6.07, 6.45) is 1.77. The SMILES string of the molecule is CCN1CCN(C(=O)c2cc(N3CCN(CC)CC3)ccn2)CC1. The first-order valence-electron chi connectivity index (χ1n) is 9.16. The Morgan fingerprint density at radius 3 is 2.12 bits per heavy atom. The number of amides is 1. The van der Waals surface area contributed by atoms with Crippen LogP contribution in [0.5, 0.6) is 0 Å². The highest BCUT2D eigenvalue weighted by Crippen LogP contribution is 2.18. The number of pyridine rings is 1. The number of hydrogen-bond acceptors (Lipinski definition) is 5. The topological polar surface area (TPSA) is 42.9 Å². The van der Waals surface area contributed by atoms with Crippen LogP contribution < -0.4 is 4.90 Å². The van der Waals surface area contributed by atoms with Crippen LogP contribution in [0.2, 0.25) is 0 Å². The summed E-state index contributed by atoms with van der Waals surface area (Å²) in [5.41, 5.74) is 1.70. The Balaban J connectivity index is 1.64. The zero-order valence-electron chi connectivity index (χ0n) is 14.9. The summed E-state index contributed by atoms with van der Waals surface area (Å²) in [4.78, 5) is 26.2. The minimum atomic E-state index is 0.0693. The number of hydrogen-bond donors (Lipinski definition) is 0. The number of nitrogens with zero attached hydrogens (tertiary/aromatic N) is 5. The van der Waals surface area contributed by atoms with E-state index in [0.29, 0.717) is 5.69 Å². The molecule has 1 aromatic rings. The number of carbonyl (C=O) groups excluding carboxylic acids is 1. The van der Waals surface area contributed by atoms with E-state index < -0.39 is 0 Å². The van der Waals surface area contributed by atoms with Crippen molar-refractivity contribution in [3.63, 3.8) is 0 Å². The van der Waals surface area contributed by atoms with Gasteiger partial charge in [-0.15, -0.1) is 0 Å². The molecule has 2 saturated heterocycles. The van der Waals surface area contributed by atoms with Crippen LogP contribution in [0.1, 0.15) is 24.3 Å². The Labute approximate surface area is 145 Å². The zero-order chi connectivity index (χ0) is 16.9. The average molecular weight is 331 g/mol. The maximum absolute atomic E-state index is 12.7. The molecular formula is C18H29N5O. The first-order valence-corrected chi connectivity index (χ1v) is 9.16. The Hall–Kier alpha value is -1.66. The van der Waals surface area contributed by atoms with Crippen LogP contribution in [0.3, 0.4) is 0 Å². The molecule has 0 unspecified atom stereocenters. The van der Waals surface area contributed by atoms with Crippen LogP contribution in [-0.4, -0.2) is 91.0 Å². The van der Waals surface area contributed by atoms with Gasteiger partial charge < -0.3 is 19.6 Å². The lowest BCUT2D eigenvalue weighted by atomic mass is 10.2. The van der Waals surface area contributed by atoms with E-state index in [2.05, 4.69) is 33.5 Å². The lowest BCUT2D eigenvalue weighted by molar-refractivity contribution is 0.0637. The van der Waals surface area contributed by atoms with Gasteiger partial charge in [-0.2, -0.15) is 0 Å². The van der Waals surface area contributed by atoms with Crippen molar-refractivity contribution < 1.29 is 4.79 Å². The van der Waals surface area contributed by atoms with Crippen molar-refractivity contribution >= 4 is 11.6 Å². The van der Waals surface area contributed by atoms with Crippen molar-refractivity contribution in [2.75, 3.05) is 70.3 Å². The number of anilines is 1. The third-order valence-electron chi connectivity index (χ3n) is 5.25. The van der Waals surface area contributed by atoms with Gasteiger partial charge in [0.25, 0.3) is 5.91 Å². The molecule has 6 heteroatoms. The highest BCUT2D eigenvalue weighted by molar-refractivity contribution is 5.93. The molecule has 6 nitrogen and oxygen atoms in total. The van der Waals surface area contributed by atoms with Crippen LogP contribution in [0.4, 0.5) is 5.69 Å². The summed E-state index contributed by atoms with van der Waals surface area (Å²) in [7, 11) is 0. The van der Waals surface area contributed by atoms with E-state index in [1.807, 2.05) is 17.0 Å². The lowest BCUT2D eigenvalue weighted by Gasteiger charge is -2.36. The number of likely N-dealkylation sites (N-methyl/N-ethyl adjacent to an activating group) is 2. The van der Waals surface area contributed by atoms with Gasteiger partial charge in [0.2, 0.25) is 0 Å². The smallest absolute Gasteiger partial charge is 0.272 e. The molecule has 0 N–H and O–H groups in total. The molecule has 0 saturated carbocycles. The fraction of sp³-hybridized carbons (Fsp3) is 0.667. The molecule has 0 aliphatic carbocycles. The summed E-state index contributed by atoms with van der Waals surface area (Å²) >= 11 is 0. The first kappa shape index (κ1) is 17.2. The van der Waals surface area contributed by atoms with E-state index in [1.54, 1.807) is 6.20 Å². The van der Waals surface area contributed by atoms with Crippen molar-refractivity contribution in [3.8, 4) is 0 Å². The maximum Gasteiger partial charge on any atom is 0.272 e. The van der Waals surface area contributed by atoms with Gasteiger partial charge in [0, 0.05) is 64.2 Å². The van der Waals surface area contributed by atoms with Crippen molar-refractivity contribution in [2.45, 2.75) is 13.8 Å². The second-order valence-corrected chi connectivity index (χ2v) is 6.55. The minimum Gasteiger partial charge on any atom is -0.369 e. The van der Waals surface area contributed by atoms with Gasteiger partial charge in [-0.05, 0) is 25.2 Å². The molecule has 3 rings (SSSR count). The second kappa shape index (κ2) is 7.94. The summed E-state index contributed by atoms with van der Waals surface area (Å²) < 4.78 is 0. The summed E-state index contributed by atoms with van der Waals surface area (Å²) in [5, 5.41) is 0. The van der Waals surface area contributed by atoms with Crippen molar-refractivity contribution in [1.82, 2.24) is 19.7 Å². The van der Waals surface area contributed by atoms with Crippen LogP contribution in [-0.2, 0) is 0 Å². The molecule has 1 amide bonds. The fourth-order valence-electron chi connectivity index (χ4n) is 3.48. The van der Waals surface area contributed by atoms with E-state index in [0.717, 1.165) is 71.1 Å². The highest BCUT2D eigenvalue weighted by atomic mass is 16.2. The van der Waals surface area contributed by atoms with Gasteiger partial charge >= 0.3 is 0 Å². The molecule has 2 aliphatic rings. The van der Waals surface area contributed by atoms with Gasteiger partial charge in [-0.3, -0.25) is 9.78 Å². The summed E-state index contributed by atoms with van der Waals surface area (Å²) in [6, 6.07) is 3.99. The van der Waals surface area contributed by atoms with Crippen molar-refractivity contribution in [1.29, 1.82) is 0 Å². The highest BCUT2D eigenvalue weighted by Gasteiger charge is 2.23. The molecule has 1 aromatic heterocycles. The quantitative estimate of drug-likeness (QED) is 0.823. The average Bonchev–Trinajstić information content (AvgIpc) is 2.67. The molecule has 3 heterocycles. The summed E-state index contributed by atoms with van der Waals surface area (Å²) in [5.74, 6) is 0.0693. The third-order valence-corrected chi connectivity index (χ3v) is 5.25. The van der Waals surface area contributed by atoms with Gasteiger partial charge in [-0.1, -0.05) is 13.8 Å². The van der Waals surface area contributed by atoms with E-state index in [4.69, 9.17) is 0 Å². The summed E-state index contributed by atoms with van der Waals surface area (Å²) in [6.45, 7) is 14.3. The lowest BCUT2D eigenvalue weighted by Crippen LogP contribution is -2.48. The Bertz CT molecular complexity index is 548. The maximum atomic E-state index is 12.7. The standard InChI is InChI=1S/C18H29N5O/c1-3-20-7-11-22(12-8-20)16-5-6-19-17(15-16)18(24)23-13-9-21(4-2)10-14-23/h5-6,15H,3-4,7-14H2,1-2H3. The van der Waals surface area contributed by atoms with E-state index >= 15 is 0 Å². The van der Waals surface area contributed by atoms with Crippen molar-refractivity contribution in [3.05, 3.63) is 24.0 Å². The molecule has 0 bridgehead atoms. The van der Waals surface area contributed by atoms with Gasteiger partial charge in [0.05, 0.1) is 0 Å². The molecule has 132 valence electrons. The molecule has 24 heavy (non-hydrogen) atoms. The second-order valence-electron chi connectivity index (χ2n) is 6.55. The van der Waals surface area contributed by atoms with Crippen molar-refractivity contribution in [2.24, 2.45) is 0 Å². The number of aromatic nitrogens is 1. The molecule has 0 radical (unpaired) electrons. The largest absolute Gasteiger partial charge is 0.369 e. The molecule has 2 aliphatic heterocycles. The minimum absolute atomic E-state index is 0.0693. The zero-order valence-corrected chi connectivity index (χ0v) is 14.9. The van der Waals surface area contributed by atoms with Crippen LogP contribution >= 0.6 is 0 Å². The van der Waals surface area contributed by atoms with Crippen LogP contribution in [0.15, 0.2) is 18.3 Å². The van der Waals surface area contributed by atoms with Crippen LogP contribution in [0, 0.1) is 0 Å². The molecule has 0 spiro atoms. The molecule has 2 fully saturated rings.